The van der Waals surface area contributed by atoms with Crippen LogP contribution in [0.3, 0.4) is 0 Å². The first-order chi connectivity index (χ1) is 10.3. The van der Waals surface area contributed by atoms with Gasteiger partial charge in [-0.1, -0.05) is 0 Å². The minimum atomic E-state index is -0.422. The quantitative estimate of drug-likeness (QED) is 0.869. The highest BCUT2D eigenvalue weighted by Gasteiger charge is 2.36. The Kier molecular flexibility index (Phi) is 5.72. The van der Waals surface area contributed by atoms with E-state index in [9.17, 15) is 4.79 Å². The summed E-state index contributed by atoms with van der Waals surface area (Å²) in [5, 5.41) is 3.75. The smallest absolute Gasteiger partial charge is 0.410 e. The van der Waals surface area contributed by atoms with Crippen LogP contribution in [-0.4, -0.2) is 66.3 Å². The van der Waals surface area contributed by atoms with Crippen LogP contribution in [0.15, 0.2) is 0 Å². The van der Waals surface area contributed by atoms with Crippen LogP contribution >= 0.6 is 0 Å². The van der Waals surface area contributed by atoms with Gasteiger partial charge >= 0.3 is 6.09 Å². The molecule has 128 valence electrons. The fraction of sp³-hybridized carbons (Fsp3) is 0.941. The molecule has 22 heavy (non-hydrogen) atoms. The zero-order chi connectivity index (χ0) is 16.3. The Bertz CT molecular complexity index is 373. The monoisotopic (exact) mass is 311 g/mol. The maximum absolute atomic E-state index is 12.4. The summed E-state index contributed by atoms with van der Waals surface area (Å²) in [6.07, 6.45) is 4.37. The van der Waals surface area contributed by atoms with E-state index in [1.165, 1.54) is 12.8 Å². The van der Waals surface area contributed by atoms with Gasteiger partial charge in [-0.3, -0.25) is 0 Å². The molecule has 1 N–H and O–H groups in total. The number of piperidine rings is 1. The van der Waals surface area contributed by atoms with E-state index in [0.717, 1.165) is 32.5 Å². The van der Waals surface area contributed by atoms with Gasteiger partial charge in [-0.05, 0) is 73.5 Å². The number of hydrogen-bond acceptors (Lipinski definition) is 4. The molecule has 0 aromatic heterocycles. The van der Waals surface area contributed by atoms with E-state index >= 15 is 0 Å². The summed E-state index contributed by atoms with van der Waals surface area (Å²) in [6.45, 7) is 11.1. The molecule has 0 radical (unpaired) electrons. The van der Waals surface area contributed by atoms with Crippen LogP contribution in [0, 0.1) is 0 Å². The second kappa shape index (κ2) is 7.18. The Hall–Kier alpha value is -0.810. The van der Waals surface area contributed by atoms with Crippen LogP contribution in [0.2, 0.25) is 0 Å². The van der Waals surface area contributed by atoms with Crippen molar-refractivity contribution in [3.63, 3.8) is 0 Å². The number of likely N-dealkylation sites (tertiary alicyclic amines) is 2. The molecule has 2 saturated heterocycles. The molecule has 2 rings (SSSR count). The first-order valence-electron chi connectivity index (χ1n) is 8.70. The molecule has 5 heteroatoms. The van der Waals surface area contributed by atoms with E-state index in [4.69, 9.17) is 4.74 Å². The molecule has 0 bridgehead atoms. The molecule has 0 spiro atoms. The van der Waals surface area contributed by atoms with Gasteiger partial charge < -0.3 is 19.9 Å². The Balaban J connectivity index is 1.88. The van der Waals surface area contributed by atoms with Gasteiger partial charge in [0.05, 0.1) is 6.04 Å². The number of carbonyl (C=O) groups excluding carboxylic acids is 1. The lowest BCUT2D eigenvalue weighted by molar-refractivity contribution is 0.0194. The fourth-order valence-electron chi connectivity index (χ4n) is 3.52. The molecule has 0 aromatic rings. The molecule has 1 unspecified atom stereocenters. The average Bonchev–Trinajstić information content (AvgIpc) is 2.89. The summed E-state index contributed by atoms with van der Waals surface area (Å²) in [6, 6.07) is 1.16. The number of hydrogen-bond donors (Lipinski definition) is 1. The minimum Gasteiger partial charge on any atom is -0.444 e. The lowest BCUT2D eigenvalue weighted by Gasteiger charge is -2.36. The molecule has 2 atom stereocenters. The lowest BCUT2D eigenvalue weighted by Crippen LogP contribution is -2.53. The average molecular weight is 311 g/mol. The number of nitrogens with zero attached hydrogens (tertiary/aromatic N) is 2. The lowest BCUT2D eigenvalue weighted by atomic mass is 10.0. The number of rotatable bonds is 3. The maximum Gasteiger partial charge on any atom is 0.410 e. The highest BCUT2D eigenvalue weighted by molar-refractivity contribution is 5.69. The zero-order valence-corrected chi connectivity index (χ0v) is 14.9. The van der Waals surface area contributed by atoms with Crippen molar-refractivity contribution in [1.29, 1.82) is 0 Å². The predicted octanol–water partition coefficient (Wildman–Crippen LogP) is 2.46. The highest BCUT2D eigenvalue weighted by atomic mass is 16.6. The molecular formula is C17H33N3O2. The Morgan fingerprint density at radius 3 is 2.41 bits per heavy atom. The van der Waals surface area contributed by atoms with Gasteiger partial charge in [0, 0.05) is 18.6 Å². The Morgan fingerprint density at radius 2 is 1.82 bits per heavy atom. The zero-order valence-electron chi connectivity index (χ0n) is 14.9. The van der Waals surface area contributed by atoms with Crippen LogP contribution in [0.25, 0.3) is 0 Å². The van der Waals surface area contributed by atoms with Crippen molar-refractivity contribution in [2.45, 2.75) is 77.1 Å². The molecule has 2 aliphatic rings. The number of amides is 1. The topological polar surface area (TPSA) is 44.8 Å². The third-order valence-electron chi connectivity index (χ3n) is 4.72. The molecule has 2 fully saturated rings. The van der Waals surface area contributed by atoms with Crippen molar-refractivity contribution < 1.29 is 9.53 Å². The number of carbonyl (C=O) groups is 1. The van der Waals surface area contributed by atoms with E-state index in [1.807, 2.05) is 25.7 Å². The first kappa shape index (κ1) is 17.5. The van der Waals surface area contributed by atoms with Crippen molar-refractivity contribution in [3.05, 3.63) is 0 Å². The van der Waals surface area contributed by atoms with Gasteiger partial charge in [0.25, 0.3) is 0 Å². The molecule has 2 aliphatic heterocycles. The molecule has 0 saturated carbocycles. The summed E-state index contributed by atoms with van der Waals surface area (Å²) >= 11 is 0. The number of nitrogens with one attached hydrogen (secondary N) is 1. The van der Waals surface area contributed by atoms with Gasteiger partial charge in [0.2, 0.25) is 0 Å². The second-order valence-electron chi connectivity index (χ2n) is 7.92. The summed E-state index contributed by atoms with van der Waals surface area (Å²) in [4.78, 5) is 16.7. The van der Waals surface area contributed by atoms with Gasteiger partial charge in [-0.2, -0.15) is 0 Å². The summed E-state index contributed by atoms with van der Waals surface area (Å²) in [5.74, 6) is 0. The summed E-state index contributed by atoms with van der Waals surface area (Å²) in [7, 11) is 2.18. The first-order valence-corrected chi connectivity index (χ1v) is 8.70. The second-order valence-corrected chi connectivity index (χ2v) is 7.92. The van der Waals surface area contributed by atoms with E-state index in [-0.39, 0.29) is 12.1 Å². The summed E-state index contributed by atoms with van der Waals surface area (Å²) < 4.78 is 5.56. The van der Waals surface area contributed by atoms with Gasteiger partial charge in [0.1, 0.15) is 5.60 Å². The van der Waals surface area contributed by atoms with E-state index in [1.54, 1.807) is 0 Å². The minimum absolute atomic E-state index is 0.160. The third kappa shape index (κ3) is 4.85. The van der Waals surface area contributed by atoms with Crippen molar-refractivity contribution in [2.24, 2.45) is 0 Å². The third-order valence-corrected chi connectivity index (χ3v) is 4.72. The number of ether oxygens (including phenoxy) is 1. The van der Waals surface area contributed by atoms with Crippen molar-refractivity contribution in [3.8, 4) is 0 Å². The SMILES string of the molecule is CC(NC1CCN(C)CC1)[C@H]1CCCN1C(=O)OC(C)(C)C. The van der Waals surface area contributed by atoms with E-state index < -0.39 is 5.60 Å². The van der Waals surface area contributed by atoms with Crippen LogP contribution < -0.4 is 5.32 Å². The maximum atomic E-state index is 12.4. The molecule has 0 aliphatic carbocycles. The standard InChI is InChI=1S/C17H33N3O2/c1-13(18-14-8-11-19(5)12-9-14)15-7-6-10-20(15)16(21)22-17(2,3)4/h13-15,18H,6-12H2,1-5H3/t13?,15-/m1/s1. The van der Waals surface area contributed by atoms with Crippen LogP contribution in [0.4, 0.5) is 4.79 Å². The predicted molar refractivity (Wildman–Crippen MR) is 89.1 cm³/mol. The van der Waals surface area contributed by atoms with Crippen LogP contribution in [-0.2, 0) is 4.74 Å². The summed E-state index contributed by atoms with van der Waals surface area (Å²) in [5.41, 5.74) is -0.422. The normalized spacial score (nSPS) is 26.2. The molecule has 5 nitrogen and oxygen atoms in total. The molecule has 0 aromatic carbocycles. The van der Waals surface area contributed by atoms with Crippen LogP contribution in [0.5, 0.6) is 0 Å². The van der Waals surface area contributed by atoms with Gasteiger partial charge in [-0.15, -0.1) is 0 Å². The largest absolute Gasteiger partial charge is 0.444 e. The van der Waals surface area contributed by atoms with Crippen molar-refractivity contribution >= 4 is 6.09 Å². The van der Waals surface area contributed by atoms with Crippen molar-refractivity contribution in [1.82, 2.24) is 15.1 Å². The van der Waals surface area contributed by atoms with Crippen LogP contribution in [0.1, 0.15) is 53.4 Å². The fourth-order valence-corrected chi connectivity index (χ4v) is 3.52. The highest BCUT2D eigenvalue weighted by Crippen LogP contribution is 2.24. The van der Waals surface area contributed by atoms with Crippen molar-refractivity contribution in [2.75, 3.05) is 26.7 Å². The Labute approximate surface area is 135 Å². The molecule has 2 heterocycles. The Morgan fingerprint density at radius 1 is 1.18 bits per heavy atom. The van der Waals surface area contributed by atoms with Gasteiger partial charge in [-0.25, -0.2) is 4.79 Å². The van der Waals surface area contributed by atoms with E-state index in [2.05, 4.69) is 24.2 Å². The van der Waals surface area contributed by atoms with Gasteiger partial charge in [0.15, 0.2) is 0 Å². The molecule has 1 amide bonds. The van der Waals surface area contributed by atoms with E-state index in [0.29, 0.717) is 12.1 Å². The molecular weight excluding hydrogens is 278 g/mol.